The number of hydrogen-bond acceptors (Lipinski definition) is 4. The van der Waals surface area contributed by atoms with Crippen molar-refractivity contribution in [1.82, 2.24) is 4.98 Å². The van der Waals surface area contributed by atoms with Gasteiger partial charge in [0.05, 0.1) is 11.8 Å². The van der Waals surface area contributed by atoms with Gasteiger partial charge in [0.1, 0.15) is 5.76 Å². The van der Waals surface area contributed by atoms with Gasteiger partial charge in [0.15, 0.2) is 5.13 Å². The van der Waals surface area contributed by atoms with Crippen LogP contribution in [-0.4, -0.2) is 10.9 Å². The fourth-order valence-electron chi connectivity index (χ4n) is 2.08. The standard InChI is InChI=1S/C16H12Cl2N2O2S/c1-9-13(4-5-22-9)15(21)20-16-19-8-12(23-16)6-10-2-3-11(17)7-14(10)18/h2-5,7-8H,6H2,1H3,(H,19,20,21). The lowest BCUT2D eigenvalue weighted by Gasteiger charge is -2.02. The second-order valence-corrected chi connectivity index (χ2v) is 6.85. The van der Waals surface area contributed by atoms with Gasteiger partial charge in [-0.1, -0.05) is 29.3 Å². The Morgan fingerprint density at radius 3 is 2.87 bits per heavy atom. The maximum atomic E-state index is 12.1. The summed E-state index contributed by atoms with van der Waals surface area (Å²) in [5, 5.41) is 4.53. The first-order valence-electron chi connectivity index (χ1n) is 6.77. The Bertz CT molecular complexity index is 857. The molecule has 0 spiro atoms. The molecule has 2 heterocycles. The molecule has 3 aromatic rings. The van der Waals surface area contributed by atoms with Crippen LogP contribution in [0.15, 0.2) is 41.1 Å². The van der Waals surface area contributed by atoms with Crippen molar-refractivity contribution in [3.63, 3.8) is 0 Å². The van der Waals surface area contributed by atoms with E-state index in [-0.39, 0.29) is 5.91 Å². The van der Waals surface area contributed by atoms with Crippen molar-refractivity contribution >= 4 is 45.6 Å². The summed E-state index contributed by atoms with van der Waals surface area (Å²) in [5.74, 6) is 0.342. The predicted octanol–water partition coefficient (Wildman–Crippen LogP) is 5.19. The molecule has 0 aliphatic carbocycles. The molecule has 1 N–H and O–H groups in total. The van der Waals surface area contributed by atoms with Crippen LogP contribution in [-0.2, 0) is 6.42 Å². The number of nitrogens with zero attached hydrogens (tertiary/aromatic N) is 1. The largest absolute Gasteiger partial charge is 0.469 e. The first-order chi connectivity index (χ1) is 11.0. The Kier molecular flexibility index (Phi) is 4.71. The number of benzene rings is 1. The minimum Gasteiger partial charge on any atom is -0.469 e. The van der Waals surface area contributed by atoms with E-state index in [2.05, 4.69) is 10.3 Å². The number of anilines is 1. The summed E-state index contributed by atoms with van der Waals surface area (Å²) in [5.41, 5.74) is 1.46. The second-order valence-electron chi connectivity index (χ2n) is 4.89. The third-order valence-electron chi connectivity index (χ3n) is 3.26. The van der Waals surface area contributed by atoms with Crippen molar-refractivity contribution in [2.45, 2.75) is 13.3 Å². The van der Waals surface area contributed by atoms with Gasteiger partial charge in [-0.25, -0.2) is 4.98 Å². The molecule has 1 aromatic carbocycles. The van der Waals surface area contributed by atoms with Crippen molar-refractivity contribution in [2.75, 3.05) is 5.32 Å². The zero-order valence-electron chi connectivity index (χ0n) is 12.1. The SMILES string of the molecule is Cc1occc1C(=O)Nc1ncc(Cc2ccc(Cl)cc2Cl)s1. The zero-order chi connectivity index (χ0) is 16.4. The number of carbonyl (C=O) groups is 1. The van der Waals surface area contributed by atoms with Crippen LogP contribution in [0.2, 0.25) is 10.0 Å². The fraction of sp³-hybridized carbons (Fsp3) is 0.125. The maximum absolute atomic E-state index is 12.1. The molecule has 2 aromatic heterocycles. The highest BCUT2D eigenvalue weighted by atomic mass is 35.5. The number of carbonyl (C=O) groups excluding carboxylic acids is 1. The topological polar surface area (TPSA) is 55.1 Å². The van der Waals surface area contributed by atoms with Gasteiger partial charge in [0, 0.05) is 27.5 Å². The fourth-order valence-corrected chi connectivity index (χ4v) is 3.39. The van der Waals surface area contributed by atoms with Crippen molar-refractivity contribution < 1.29 is 9.21 Å². The molecular weight excluding hydrogens is 355 g/mol. The second kappa shape index (κ2) is 6.74. The first kappa shape index (κ1) is 16.1. The van der Waals surface area contributed by atoms with Crippen LogP contribution < -0.4 is 5.32 Å². The minimum absolute atomic E-state index is 0.235. The van der Waals surface area contributed by atoms with E-state index < -0.39 is 0 Å². The highest BCUT2D eigenvalue weighted by Crippen LogP contribution is 2.27. The van der Waals surface area contributed by atoms with Crippen LogP contribution in [0.4, 0.5) is 5.13 Å². The molecule has 0 aliphatic rings. The third kappa shape index (κ3) is 3.75. The Morgan fingerprint density at radius 1 is 1.35 bits per heavy atom. The van der Waals surface area contributed by atoms with Crippen LogP contribution in [0.25, 0.3) is 0 Å². The van der Waals surface area contributed by atoms with E-state index in [4.69, 9.17) is 27.6 Å². The molecule has 0 saturated carbocycles. The van der Waals surface area contributed by atoms with Gasteiger partial charge in [-0.05, 0) is 30.7 Å². The minimum atomic E-state index is -0.235. The van der Waals surface area contributed by atoms with Crippen molar-refractivity contribution in [3.05, 3.63) is 68.5 Å². The van der Waals surface area contributed by atoms with E-state index in [1.807, 2.05) is 6.07 Å². The van der Waals surface area contributed by atoms with Gasteiger partial charge in [-0.3, -0.25) is 10.1 Å². The van der Waals surface area contributed by atoms with E-state index >= 15 is 0 Å². The number of rotatable bonds is 4. The maximum Gasteiger partial charge on any atom is 0.260 e. The summed E-state index contributed by atoms with van der Waals surface area (Å²) in [7, 11) is 0. The summed E-state index contributed by atoms with van der Waals surface area (Å²) < 4.78 is 5.13. The molecular formula is C16H12Cl2N2O2S. The highest BCUT2D eigenvalue weighted by molar-refractivity contribution is 7.15. The monoisotopic (exact) mass is 366 g/mol. The number of aryl methyl sites for hydroxylation is 1. The van der Waals surface area contributed by atoms with Gasteiger partial charge >= 0.3 is 0 Å². The molecule has 0 atom stereocenters. The van der Waals surface area contributed by atoms with E-state index in [1.54, 1.807) is 31.3 Å². The average Bonchev–Trinajstić information content (AvgIpc) is 3.11. The quantitative estimate of drug-likeness (QED) is 0.690. The number of nitrogens with one attached hydrogen (secondary N) is 1. The molecule has 7 heteroatoms. The van der Waals surface area contributed by atoms with Crippen LogP contribution in [0.1, 0.15) is 26.6 Å². The summed E-state index contributed by atoms with van der Waals surface area (Å²) in [6.07, 6.45) is 3.85. The summed E-state index contributed by atoms with van der Waals surface area (Å²) in [4.78, 5) is 17.3. The lowest BCUT2D eigenvalue weighted by molar-refractivity contribution is 0.102. The van der Waals surface area contributed by atoms with Crippen LogP contribution >= 0.6 is 34.5 Å². The Morgan fingerprint density at radius 2 is 2.17 bits per heavy atom. The van der Waals surface area contributed by atoms with Gasteiger partial charge < -0.3 is 4.42 Å². The predicted molar refractivity (Wildman–Crippen MR) is 92.8 cm³/mol. The van der Waals surface area contributed by atoms with E-state index in [1.165, 1.54) is 17.6 Å². The Labute approximate surface area is 147 Å². The highest BCUT2D eigenvalue weighted by Gasteiger charge is 2.14. The number of halogens is 2. The smallest absolute Gasteiger partial charge is 0.260 e. The number of amides is 1. The molecule has 0 saturated heterocycles. The van der Waals surface area contributed by atoms with E-state index in [0.717, 1.165) is 10.4 Å². The van der Waals surface area contributed by atoms with Gasteiger partial charge in [0.25, 0.3) is 5.91 Å². The van der Waals surface area contributed by atoms with Crippen molar-refractivity contribution in [2.24, 2.45) is 0 Å². The molecule has 0 radical (unpaired) electrons. The number of aromatic nitrogens is 1. The van der Waals surface area contributed by atoms with Crippen molar-refractivity contribution in [3.8, 4) is 0 Å². The van der Waals surface area contributed by atoms with Crippen LogP contribution in [0.3, 0.4) is 0 Å². The van der Waals surface area contributed by atoms with Gasteiger partial charge in [-0.15, -0.1) is 11.3 Å². The normalized spacial score (nSPS) is 10.7. The molecule has 0 bridgehead atoms. The number of thiazole rings is 1. The molecule has 0 unspecified atom stereocenters. The van der Waals surface area contributed by atoms with Crippen molar-refractivity contribution in [1.29, 1.82) is 0 Å². The zero-order valence-corrected chi connectivity index (χ0v) is 14.4. The van der Waals surface area contributed by atoms with Crippen LogP contribution in [0.5, 0.6) is 0 Å². The number of furan rings is 1. The molecule has 118 valence electrons. The molecule has 4 nitrogen and oxygen atoms in total. The van der Waals surface area contributed by atoms with Gasteiger partial charge in [0.2, 0.25) is 0 Å². The molecule has 1 amide bonds. The summed E-state index contributed by atoms with van der Waals surface area (Å²) in [6, 6.07) is 7.03. The lowest BCUT2D eigenvalue weighted by atomic mass is 10.1. The Balaban J connectivity index is 1.71. The third-order valence-corrected chi connectivity index (χ3v) is 4.76. The summed E-state index contributed by atoms with van der Waals surface area (Å²) >= 11 is 13.5. The molecule has 23 heavy (non-hydrogen) atoms. The van der Waals surface area contributed by atoms with E-state index in [9.17, 15) is 4.79 Å². The first-order valence-corrected chi connectivity index (χ1v) is 8.34. The summed E-state index contributed by atoms with van der Waals surface area (Å²) in [6.45, 7) is 1.74. The molecule has 0 fully saturated rings. The lowest BCUT2D eigenvalue weighted by Crippen LogP contribution is -2.11. The molecule has 0 aliphatic heterocycles. The average molecular weight is 367 g/mol. The Hall–Kier alpha value is -1.82. The van der Waals surface area contributed by atoms with Gasteiger partial charge in [-0.2, -0.15) is 0 Å². The number of hydrogen-bond donors (Lipinski definition) is 1. The van der Waals surface area contributed by atoms with Crippen LogP contribution in [0, 0.1) is 6.92 Å². The van der Waals surface area contributed by atoms with E-state index in [0.29, 0.717) is 32.9 Å². The molecule has 3 rings (SSSR count).